The minimum atomic E-state index is 0.369. The van der Waals surface area contributed by atoms with Gasteiger partial charge in [-0.05, 0) is 55.9 Å². The van der Waals surface area contributed by atoms with Gasteiger partial charge in [0.1, 0.15) is 10.7 Å². The molecule has 104 valence electrons. The summed E-state index contributed by atoms with van der Waals surface area (Å²) in [4.78, 5) is 0.452. The van der Waals surface area contributed by atoms with Crippen molar-refractivity contribution in [3.63, 3.8) is 0 Å². The lowest BCUT2D eigenvalue weighted by molar-refractivity contribution is 0.122. The Morgan fingerprint density at radius 3 is 2.84 bits per heavy atom. The van der Waals surface area contributed by atoms with Gasteiger partial charge >= 0.3 is 0 Å². The van der Waals surface area contributed by atoms with E-state index in [0.29, 0.717) is 11.1 Å². The Morgan fingerprint density at radius 2 is 2.21 bits per heavy atom. The maximum atomic E-state index is 6.12. The third-order valence-corrected chi connectivity index (χ3v) is 4.30. The fraction of sp³-hybridized carbons (Fsp3) is 0.562. The van der Waals surface area contributed by atoms with E-state index in [0.717, 1.165) is 22.8 Å². The molecule has 1 fully saturated rings. The zero-order valence-corrected chi connectivity index (χ0v) is 12.6. The van der Waals surface area contributed by atoms with Crippen molar-refractivity contribution < 1.29 is 4.74 Å². The number of benzene rings is 1. The average Bonchev–Trinajstić information content (AvgIpc) is 2.38. The molecule has 0 aromatic heterocycles. The van der Waals surface area contributed by atoms with Crippen LogP contribution >= 0.6 is 12.2 Å². The monoisotopic (exact) mass is 277 g/mol. The molecule has 0 bridgehead atoms. The van der Waals surface area contributed by atoms with E-state index in [1.165, 1.54) is 32.1 Å². The topological polar surface area (TPSA) is 35.2 Å². The number of nitrogens with two attached hydrogens (primary N) is 1. The predicted octanol–water partition coefficient (Wildman–Crippen LogP) is 3.98. The van der Waals surface area contributed by atoms with E-state index in [2.05, 4.69) is 6.92 Å². The summed E-state index contributed by atoms with van der Waals surface area (Å²) in [6.45, 7) is 4.30. The van der Waals surface area contributed by atoms with E-state index in [-0.39, 0.29) is 0 Å². The normalized spacial score (nSPS) is 23.1. The predicted molar refractivity (Wildman–Crippen MR) is 83.7 cm³/mol. The molecule has 1 saturated carbocycles. The minimum Gasteiger partial charge on any atom is -0.490 e. The van der Waals surface area contributed by atoms with Crippen LogP contribution in [0.1, 0.15) is 50.2 Å². The van der Waals surface area contributed by atoms with Crippen LogP contribution in [0.4, 0.5) is 0 Å². The number of aryl methyl sites for hydroxylation is 1. The van der Waals surface area contributed by atoms with Crippen molar-refractivity contribution in [2.24, 2.45) is 11.7 Å². The van der Waals surface area contributed by atoms with Crippen LogP contribution in [0.5, 0.6) is 5.75 Å². The first-order valence-electron chi connectivity index (χ1n) is 7.17. The summed E-state index contributed by atoms with van der Waals surface area (Å²) < 4.78 is 6.12. The number of hydrogen-bond donors (Lipinski definition) is 1. The molecule has 1 aliphatic rings. The minimum absolute atomic E-state index is 0.369. The van der Waals surface area contributed by atoms with Gasteiger partial charge in [0.2, 0.25) is 0 Å². The Bertz CT molecular complexity index is 458. The summed E-state index contributed by atoms with van der Waals surface area (Å²) in [5.74, 6) is 1.77. The first-order chi connectivity index (χ1) is 9.10. The van der Waals surface area contributed by atoms with Gasteiger partial charge in [-0.25, -0.2) is 0 Å². The molecule has 0 radical (unpaired) electrons. The van der Waals surface area contributed by atoms with Crippen molar-refractivity contribution in [1.29, 1.82) is 0 Å². The van der Waals surface area contributed by atoms with Gasteiger partial charge < -0.3 is 10.5 Å². The molecular weight excluding hydrogens is 254 g/mol. The van der Waals surface area contributed by atoms with E-state index in [1.54, 1.807) is 0 Å². The first kappa shape index (κ1) is 14.3. The highest BCUT2D eigenvalue weighted by atomic mass is 32.1. The van der Waals surface area contributed by atoms with Gasteiger partial charge in [0.05, 0.1) is 6.10 Å². The second-order valence-corrected chi connectivity index (χ2v) is 5.96. The second kappa shape index (κ2) is 6.38. The van der Waals surface area contributed by atoms with E-state index in [9.17, 15) is 0 Å². The van der Waals surface area contributed by atoms with Crippen molar-refractivity contribution in [2.75, 3.05) is 0 Å². The fourth-order valence-corrected chi connectivity index (χ4v) is 3.13. The number of thiocarbonyl (C=S) groups is 1. The van der Waals surface area contributed by atoms with E-state index < -0.39 is 0 Å². The maximum Gasteiger partial charge on any atom is 0.120 e. The summed E-state index contributed by atoms with van der Waals surface area (Å²) >= 11 is 5.02. The second-order valence-electron chi connectivity index (χ2n) is 5.52. The van der Waals surface area contributed by atoms with Crippen LogP contribution in [0.15, 0.2) is 18.2 Å². The molecule has 2 rings (SSSR count). The van der Waals surface area contributed by atoms with Crippen LogP contribution in [0.25, 0.3) is 0 Å². The summed E-state index contributed by atoms with van der Waals surface area (Å²) in [6.07, 6.45) is 6.63. The lowest BCUT2D eigenvalue weighted by Crippen LogP contribution is -2.25. The molecule has 0 aliphatic heterocycles. The Hall–Kier alpha value is -1.09. The maximum absolute atomic E-state index is 6.12. The van der Waals surface area contributed by atoms with Crippen LogP contribution in [0, 0.1) is 12.8 Å². The quantitative estimate of drug-likeness (QED) is 0.846. The van der Waals surface area contributed by atoms with Gasteiger partial charge in [-0.3, -0.25) is 0 Å². The Balaban J connectivity index is 2.03. The van der Waals surface area contributed by atoms with Crippen molar-refractivity contribution >= 4 is 17.2 Å². The summed E-state index contributed by atoms with van der Waals surface area (Å²) in [6, 6.07) is 5.99. The van der Waals surface area contributed by atoms with Crippen molar-refractivity contribution in [1.82, 2.24) is 0 Å². The lowest BCUT2D eigenvalue weighted by atomic mass is 9.85. The molecule has 1 aromatic rings. The molecule has 1 aromatic carbocycles. The molecule has 2 N–H and O–H groups in total. The van der Waals surface area contributed by atoms with Crippen LogP contribution in [-0.2, 0) is 0 Å². The molecule has 0 saturated heterocycles. The van der Waals surface area contributed by atoms with Crippen LogP contribution in [-0.4, -0.2) is 11.1 Å². The molecular formula is C16H23NOS. The Labute approximate surface area is 121 Å². The van der Waals surface area contributed by atoms with Crippen molar-refractivity contribution in [3.8, 4) is 5.75 Å². The van der Waals surface area contributed by atoms with Crippen molar-refractivity contribution in [2.45, 2.75) is 52.1 Å². The van der Waals surface area contributed by atoms with Gasteiger partial charge in [0, 0.05) is 5.56 Å². The number of rotatable bonds is 4. The molecule has 2 atom stereocenters. The first-order valence-corrected chi connectivity index (χ1v) is 7.58. The molecule has 2 unspecified atom stereocenters. The third kappa shape index (κ3) is 3.69. The molecule has 0 heterocycles. The Morgan fingerprint density at radius 1 is 1.42 bits per heavy atom. The fourth-order valence-electron chi connectivity index (χ4n) is 2.90. The molecule has 19 heavy (non-hydrogen) atoms. The molecule has 1 aliphatic carbocycles. The van der Waals surface area contributed by atoms with Crippen LogP contribution in [0.3, 0.4) is 0 Å². The third-order valence-electron chi connectivity index (χ3n) is 4.08. The largest absolute Gasteiger partial charge is 0.490 e. The van der Waals surface area contributed by atoms with Gasteiger partial charge in [0.15, 0.2) is 0 Å². The molecule has 3 heteroatoms. The van der Waals surface area contributed by atoms with Gasteiger partial charge in [-0.1, -0.05) is 32.0 Å². The Kier molecular flexibility index (Phi) is 4.81. The van der Waals surface area contributed by atoms with Crippen molar-refractivity contribution in [3.05, 3.63) is 29.3 Å². The average molecular weight is 277 g/mol. The highest BCUT2D eigenvalue weighted by Crippen LogP contribution is 2.30. The number of hydrogen-bond acceptors (Lipinski definition) is 2. The van der Waals surface area contributed by atoms with E-state index >= 15 is 0 Å². The highest BCUT2D eigenvalue weighted by Gasteiger charge is 2.22. The van der Waals surface area contributed by atoms with Gasteiger partial charge in [-0.15, -0.1) is 0 Å². The zero-order valence-electron chi connectivity index (χ0n) is 11.8. The zero-order chi connectivity index (χ0) is 13.8. The van der Waals surface area contributed by atoms with Crippen LogP contribution in [0.2, 0.25) is 0 Å². The number of ether oxygens (including phenoxy) is 1. The van der Waals surface area contributed by atoms with Crippen LogP contribution < -0.4 is 10.5 Å². The summed E-state index contributed by atoms with van der Waals surface area (Å²) in [7, 11) is 0. The molecule has 2 nitrogen and oxygen atoms in total. The smallest absolute Gasteiger partial charge is 0.120 e. The summed E-state index contributed by atoms with van der Waals surface area (Å²) in [5.41, 5.74) is 7.71. The van der Waals surface area contributed by atoms with Gasteiger partial charge in [0.25, 0.3) is 0 Å². The molecule has 0 spiro atoms. The highest BCUT2D eigenvalue weighted by molar-refractivity contribution is 7.80. The standard InChI is InChI=1S/C16H23NOS/c1-3-12-5-4-6-13(10-12)18-14-7-8-15(16(17)19)11(2)9-14/h7-9,12-13H,3-6,10H2,1-2H3,(H2,17,19). The van der Waals surface area contributed by atoms with E-state index in [4.69, 9.17) is 22.7 Å². The summed E-state index contributed by atoms with van der Waals surface area (Å²) in [5, 5.41) is 0. The molecule has 0 amide bonds. The lowest BCUT2D eigenvalue weighted by Gasteiger charge is -2.29. The van der Waals surface area contributed by atoms with E-state index in [1.807, 2.05) is 25.1 Å². The SMILES string of the molecule is CCC1CCCC(Oc2ccc(C(N)=S)c(C)c2)C1. The van der Waals surface area contributed by atoms with Gasteiger partial charge in [-0.2, -0.15) is 0 Å².